The lowest BCUT2D eigenvalue weighted by Crippen LogP contribution is -2.09. The van der Waals surface area contributed by atoms with Gasteiger partial charge in [0.25, 0.3) is 0 Å². The minimum Gasteiger partial charge on any atom is -0.504 e. The molecule has 2 aromatic rings. The molecule has 0 heterocycles. The maximum Gasteiger partial charge on any atom is 0.339 e. The summed E-state index contributed by atoms with van der Waals surface area (Å²) in [6, 6.07) is 12.8. The first-order chi connectivity index (χ1) is 11.0. The van der Waals surface area contributed by atoms with E-state index in [1.165, 1.54) is 30.4 Å². The summed E-state index contributed by atoms with van der Waals surface area (Å²) >= 11 is 0. The summed E-state index contributed by atoms with van der Waals surface area (Å²) in [7, 11) is 0. The van der Waals surface area contributed by atoms with E-state index in [1.54, 1.807) is 24.3 Å². The molecule has 0 atom stereocenters. The Labute approximate surface area is 132 Å². The molecule has 0 unspecified atom stereocenters. The van der Waals surface area contributed by atoms with E-state index in [2.05, 4.69) is 0 Å². The molecule has 116 valence electrons. The van der Waals surface area contributed by atoms with Crippen LogP contribution in [0.25, 0.3) is 12.2 Å². The lowest BCUT2D eigenvalue weighted by molar-refractivity contribution is -0.133. The number of hydrogen-bond acceptors (Lipinski definition) is 4. The number of aliphatic carboxylic acids is 1. The topological polar surface area (TPSA) is 94.8 Å². The fourth-order valence-corrected chi connectivity index (χ4v) is 1.86. The van der Waals surface area contributed by atoms with Gasteiger partial charge in [-0.2, -0.15) is 0 Å². The molecule has 0 amide bonds. The Kier molecular flexibility index (Phi) is 4.94. The van der Waals surface area contributed by atoms with Gasteiger partial charge in [-0.1, -0.05) is 42.5 Å². The van der Waals surface area contributed by atoms with Gasteiger partial charge in [0.15, 0.2) is 17.3 Å². The first kappa shape index (κ1) is 16.0. The molecule has 0 radical (unpaired) electrons. The second kappa shape index (κ2) is 7.09. The van der Waals surface area contributed by atoms with E-state index in [0.717, 1.165) is 11.6 Å². The quantitative estimate of drug-likeness (QED) is 0.342. The molecule has 5 nitrogen and oxygen atoms in total. The van der Waals surface area contributed by atoms with Crippen LogP contribution in [0.5, 0.6) is 11.5 Å². The Bertz CT molecular complexity index is 788. The van der Waals surface area contributed by atoms with E-state index in [9.17, 15) is 24.9 Å². The zero-order valence-electron chi connectivity index (χ0n) is 12.0. The number of hydrogen-bond donors (Lipinski definition) is 3. The molecule has 0 spiro atoms. The first-order valence-corrected chi connectivity index (χ1v) is 6.72. The molecule has 0 aliphatic carbocycles. The van der Waals surface area contributed by atoms with E-state index < -0.39 is 23.1 Å². The maximum absolute atomic E-state index is 12.1. The van der Waals surface area contributed by atoms with Crippen LogP contribution in [0.1, 0.15) is 11.1 Å². The summed E-state index contributed by atoms with van der Waals surface area (Å²) in [6.07, 6.45) is 3.84. The predicted molar refractivity (Wildman–Crippen MR) is 85.9 cm³/mol. The van der Waals surface area contributed by atoms with Gasteiger partial charge in [-0.25, -0.2) is 4.79 Å². The highest BCUT2D eigenvalue weighted by molar-refractivity contribution is 6.25. The van der Waals surface area contributed by atoms with E-state index in [4.69, 9.17) is 0 Å². The van der Waals surface area contributed by atoms with E-state index in [-0.39, 0.29) is 5.75 Å². The number of carbonyl (C=O) groups is 2. The molecular weight excluding hydrogens is 296 g/mol. The lowest BCUT2D eigenvalue weighted by atomic mass is 10.1. The zero-order chi connectivity index (χ0) is 16.8. The van der Waals surface area contributed by atoms with Gasteiger partial charge < -0.3 is 15.3 Å². The number of benzene rings is 2. The van der Waals surface area contributed by atoms with Crippen LogP contribution >= 0.6 is 0 Å². The van der Waals surface area contributed by atoms with Crippen LogP contribution in [0.15, 0.2) is 60.2 Å². The van der Waals surface area contributed by atoms with Crippen molar-refractivity contribution < 1.29 is 24.9 Å². The van der Waals surface area contributed by atoms with Crippen molar-refractivity contribution in [3.8, 4) is 11.5 Å². The van der Waals surface area contributed by atoms with Crippen molar-refractivity contribution in [2.75, 3.05) is 0 Å². The standard InChI is InChI=1S/C18H14O5/c19-15(8-6-12-4-2-1-3-5-12)14(18(22)23)10-13-7-9-16(20)17(21)11-13/h1-11,20-21H,(H,22,23)/b8-6?,14-10+. The minimum atomic E-state index is -1.37. The van der Waals surface area contributed by atoms with Gasteiger partial charge in [-0.15, -0.1) is 0 Å². The Morgan fingerprint density at radius 3 is 2.17 bits per heavy atom. The summed E-state index contributed by atoms with van der Waals surface area (Å²) in [6.45, 7) is 0. The number of carboxylic acid groups (broad SMARTS) is 1. The van der Waals surface area contributed by atoms with Crippen molar-refractivity contribution >= 4 is 23.9 Å². The second-order valence-corrected chi connectivity index (χ2v) is 4.72. The van der Waals surface area contributed by atoms with Crippen molar-refractivity contribution in [1.29, 1.82) is 0 Å². The smallest absolute Gasteiger partial charge is 0.339 e. The fourth-order valence-electron chi connectivity index (χ4n) is 1.86. The van der Waals surface area contributed by atoms with Crippen molar-refractivity contribution in [2.45, 2.75) is 0 Å². The molecule has 0 bridgehead atoms. The Morgan fingerprint density at radius 1 is 0.870 bits per heavy atom. The second-order valence-electron chi connectivity index (χ2n) is 4.72. The normalized spacial score (nSPS) is 11.6. The van der Waals surface area contributed by atoms with Gasteiger partial charge in [0.2, 0.25) is 0 Å². The monoisotopic (exact) mass is 310 g/mol. The van der Waals surface area contributed by atoms with Gasteiger partial charge in [-0.05, 0) is 35.4 Å². The number of phenols is 2. The molecule has 23 heavy (non-hydrogen) atoms. The molecule has 0 aliphatic rings. The number of ketones is 1. The van der Waals surface area contributed by atoms with Crippen LogP contribution < -0.4 is 0 Å². The number of allylic oxidation sites excluding steroid dienone is 1. The molecule has 3 N–H and O–H groups in total. The summed E-state index contributed by atoms with van der Waals surface area (Å²) in [4.78, 5) is 23.3. The summed E-state index contributed by atoms with van der Waals surface area (Å²) < 4.78 is 0. The molecule has 5 heteroatoms. The highest BCUT2D eigenvalue weighted by Crippen LogP contribution is 2.26. The number of carboxylic acids is 1. The Morgan fingerprint density at radius 2 is 1.57 bits per heavy atom. The highest BCUT2D eigenvalue weighted by Gasteiger charge is 2.15. The van der Waals surface area contributed by atoms with Crippen molar-refractivity contribution in [2.24, 2.45) is 0 Å². The van der Waals surface area contributed by atoms with Crippen LogP contribution in [0.3, 0.4) is 0 Å². The van der Waals surface area contributed by atoms with Crippen LogP contribution in [0.4, 0.5) is 0 Å². The predicted octanol–water partition coefficient (Wildman–Crippen LogP) is 2.85. The van der Waals surface area contributed by atoms with Crippen LogP contribution in [0.2, 0.25) is 0 Å². The number of carbonyl (C=O) groups excluding carboxylic acids is 1. The highest BCUT2D eigenvalue weighted by atomic mass is 16.4. The fraction of sp³-hybridized carbons (Fsp3) is 0. The van der Waals surface area contributed by atoms with Gasteiger partial charge in [0.1, 0.15) is 5.57 Å². The molecule has 2 rings (SSSR count). The SMILES string of the molecule is O=C(O)/C(=C/c1ccc(O)c(O)c1)C(=O)C=Cc1ccccc1. The molecule has 0 aliphatic heterocycles. The zero-order valence-corrected chi connectivity index (χ0v) is 12.0. The van der Waals surface area contributed by atoms with Gasteiger partial charge in [0.05, 0.1) is 0 Å². The third kappa shape index (κ3) is 4.31. The molecule has 2 aromatic carbocycles. The first-order valence-electron chi connectivity index (χ1n) is 6.72. The number of phenolic OH excluding ortho intramolecular Hbond substituents is 2. The van der Waals surface area contributed by atoms with Crippen LogP contribution in [0, 0.1) is 0 Å². The van der Waals surface area contributed by atoms with E-state index in [1.807, 2.05) is 6.07 Å². The summed E-state index contributed by atoms with van der Waals surface area (Å²) in [5.74, 6) is -2.76. The van der Waals surface area contributed by atoms with E-state index >= 15 is 0 Å². The molecule has 0 saturated carbocycles. The summed E-state index contributed by atoms with van der Waals surface area (Å²) in [5, 5.41) is 27.8. The van der Waals surface area contributed by atoms with Crippen LogP contribution in [-0.4, -0.2) is 27.1 Å². The number of rotatable bonds is 5. The van der Waals surface area contributed by atoms with E-state index in [0.29, 0.717) is 5.56 Å². The molecule has 0 fully saturated rings. The largest absolute Gasteiger partial charge is 0.504 e. The third-order valence-electron chi connectivity index (χ3n) is 3.03. The van der Waals surface area contributed by atoms with Crippen LogP contribution in [-0.2, 0) is 9.59 Å². The average molecular weight is 310 g/mol. The molecular formula is C18H14O5. The Balaban J connectivity index is 2.28. The van der Waals surface area contributed by atoms with Gasteiger partial charge in [0, 0.05) is 0 Å². The molecule has 0 saturated heterocycles. The molecule has 0 aromatic heterocycles. The third-order valence-corrected chi connectivity index (χ3v) is 3.03. The van der Waals surface area contributed by atoms with Gasteiger partial charge >= 0.3 is 5.97 Å². The number of aromatic hydroxyl groups is 2. The van der Waals surface area contributed by atoms with Crippen molar-refractivity contribution in [3.63, 3.8) is 0 Å². The van der Waals surface area contributed by atoms with Crippen molar-refractivity contribution in [1.82, 2.24) is 0 Å². The maximum atomic E-state index is 12.1. The Hall–Kier alpha value is -3.34. The minimum absolute atomic E-state index is 0.291. The van der Waals surface area contributed by atoms with Crippen molar-refractivity contribution in [3.05, 3.63) is 71.3 Å². The summed E-state index contributed by atoms with van der Waals surface area (Å²) in [5.41, 5.74) is 0.620. The lowest BCUT2D eigenvalue weighted by Gasteiger charge is -2.01. The average Bonchev–Trinajstić information content (AvgIpc) is 2.54. The van der Waals surface area contributed by atoms with Gasteiger partial charge in [-0.3, -0.25) is 4.79 Å².